The van der Waals surface area contributed by atoms with E-state index < -0.39 is 0 Å². The van der Waals surface area contributed by atoms with Crippen molar-refractivity contribution in [3.63, 3.8) is 0 Å². The number of fused-ring (bicyclic) bond motifs is 2. The van der Waals surface area contributed by atoms with Gasteiger partial charge in [-0.05, 0) is 37.1 Å². The van der Waals surface area contributed by atoms with E-state index in [0.29, 0.717) is 0 Å². The maximum atomic E-state index is 5.43. The number of ether oxygens (including phenoxy) is 1. The Hall–Kier alpha value is -3.15. The van der Waals surface area contributed by atoms with E-state index in [9.17, 15) is 0 Å². The number of anilines is 1. The Balaban J connectivity index is 1.49. The highest BCUT2D eigenvalue weighted by molar-refractivity contribution is 5.96. The van der Waals surface area contributed by atoms with Gasteiger partial charge in [-0.15, -0.1) is 10.2 Å². The molecule has 3 aromatic heterocycles. The number of methoxy groups -OCH3 is 1. The molecule has 0 fully saturated rings. The lowest BCUT2D eigenvalue weighted by Crippen LogP contribution is -2.07. The van der Waals surface area contributed by atoms with Gasteiger partial charge in [0.1, 0.15) is 17.1 Å². The molecule has 1 N–H and O–H groups in total. The summed E-state index contributed by atoms with van der Waals surface area (Å²) >= 11 is 0. The Morgan fingerprint density at radius 1 is 1.12 bits per heavy atom. The van der Waals surface area contributed by atoms with Crippen molar-refractivity contribution in [1.82, 2.24) is 19.6 Å². The van der Waals surface area contributed by atoms with E-state index in [0.717, 1.165) is 58.8 Å². The molecule has 132 valence electrons. The van der Waals surface area contributed by atoms with Crippen LogP contribution in [0.2, 0.25) is 0 Å². The largest absolute Gasteiger partial charge is 0.494 e. The minimum atomic E-state index is 0.792. The molecule has 4 rings (SSSR count). The van der Waals surface area contributed by atoms with Crippen LogP contribution in [0.1, 0.15) is 17.8 Å². The summed E-state index contributed by atoms with van der Waals surface area (Å²) in [7, 11) is 1.67. The number of benzene rings is 1. The van der Waals surface area contributed by atoms with Crippen molar-refractivity contribution < 1.29 is 4.74 Å². The average Bonchev–Trinajstić information content (AvgIpc) is 3.09. The van der Waals surface area contributed by atoms with E-state index in [4.69, 9.17) is 4.74 Å². The topological polar surface area (TPSA) is 64.3 Å². The minimum absolute atomic E-state index is 0.792. The Bertz CT molecular complexity index is 1060. The molecule has 0 bridgehead atoms. The predicted octanol–water partition coefficient (Wildman–Crippen LogP) is 3.64. The molecule has 6 heteroatoms. The Morgan fingerprint density at radius 2 is 2.04 bits per heavy atom. The zero-order valence-corrected chi connectivity index (χ0v) is 14.9. The second kappa shape index (κ2) is 7.00. The van der Waals surface area contributed by atoms with Crippen LogP contribution in [0.25, 0.3) is 16.6 Å². The standard InChI is InChI=1S/C20H21N5O/c1-14-13-22-20-15(7-5-8-16(20)26-2)19(14)21-11-6-10-18-24-23-17-9-3-4-12-25(17)18/h3-5,7-9,12-13H,6,10-11H2,1-2H3,(H,21,22). The number of aromatic nitrogens is 4. The lowest BCUT2D eigenvalue weighted by molar-refractivity contribution is 0.419. The van der Waals surface area contributed by atoms with Crippen LogP contribution in [0.5, 0.6) is 5.75 Å². The molecule has 1 aromatic carbocycles. The third kappa shape index (κ3) is 2.94. The molecule has 3 heterocycles. The molecule has 4 aromatic rings. The number of pyridine rings is 2. The normalized spacial score (nSPS) is 11.2. The van der Waals surface area contributed by atoms with Crippen LogP contribution in [-0.2, 0) is 6.42 Å². The van der Waals surface area contributed by atoms with Gasteiger partial charge in [0.2, 0.25) is 0 Å². The molecule has 6 nitrogen and oxygen atoms in total. The van der Waals surface area contributed by atoms with Crippen LogP contribution >= 0.6 is 0 Å². The summed E-state index contributed by atoms with van der Waals surface area (Å²) in [5.74, 6) is 1.78. The molecule has 0 amide bonds. The Kier molecular flexibility index (Phi) is 4.39. The highest BCUT2D eigenvalue weighted by Gasteiger charge is 2.10. The molecular formula is C20H21N5O. The fourth-order valence-corrected chi connectivity index (χ4v) is 3.22. The van der Waals surface area contributed by atoms with Gasteiger partial charge in [-0.3, -0.25) is 9.38 Å². The van der Waals surface area contributed by atoms with Crippen molar-refractivity contribution >= 4 is 22.2 Å². The van der Waals surface area contributed by atoms with Crippen molar-refractivity contribution in [2.24, 2.45) is 0 Å². The van der Waals surface area contributed by atoms with Gasteiger partial charge in [0.25, 0.3) is 0 Å². The highest BCUT2D eigenvalue weighted by atomic mass is 16.5. The number of nitrogens with one attached hydrogen (secondary N) is 1. The summed E-state index contributed by atoms with van der Waals surface area (Å²) in [6.07, 6.45) is 5.72. The van der Waals surface area contributed by atoms with Gasteiger partial charge in [-0.25, -0.2) is 0 Å². The van der Waals surface area contributed by atoms with E-state index >= 15 is 0 Å². The summed E-state index contributed by atoms with van der Waals surface area (Å²) in [5, 5.41) is 13.1. The van der Waals surface area contributed by atoms with Crippen LogP contribution in [-0.4, -0.2) is 33.2 Å². The first kappa shape index (κ1) is 16.3. The summed E-state index contributed by atoms with van der Waals surface area (Å²) in [5.41, 5.74) is 4.00. The molecule has 26 heavy (non-hydrogen) atoms. The van der Waals surface area contributed by atoms with Crippen molar-refractivity contribution in [2.75, 3.05) is 19.0 Å². The van der Waals surface area contributed by atoms with Crippen LogP contribution < -0.4 is 10.1 Å². The molecular weight excluding hydrogens is 326 g/mol. The molecule has 0 saturated heterocycles. The molecule has 0 unspecified atom stereocenters. The molecule has 0 aliphatic carbocycles. The van der Waals surface area contributed by atoms with Crippen molar-refractivity contribution in [3.05, 3.63) is 60.2 Å². The molecule has 0 spiro atoms. The fourth-order valence-electron chi connectivity index (χ4n) is 3.22. The van der Waals surface area contributed by atoms with Crippen molar-refractivity contribution in [3.8, 4) is 5.75 Å². The first-order chi connectivity index (χ1) is 12.8. The molecule has 0 radical (unpaired) electrons. The second-order valence-electron chi connectivity index (χ2n) is 6.25. The zero-order chi connectivity index (χ0) is 17.9. The lowest BCUT2D eigenvalue weighted by Gasteiger charge is -2.13. The quantitative estimate of drug-likeness (QED) is 0.540. The van der Waals surface area contributed by atoms with Gasteiger partial charge in [0, 0.05) is 36.4 Å². The second-order valence-corrected chi connectivity index (χ2v) is 6.25. The Labute approximate surface area is 151 Å². The van der Waals surface area contributed by atoms with E-state index in [2.05, 4.69) is 33.5 Å². The van der Waals surface area contributed by atoms with Gasteiger partial charge in [-0.2, -0.15) is 0 Å². The maximum absolute atomic E-state index is 5.43. The summed E-state index contributed by atoms with van der Waals surface area (Å²) in [4.78, 5) is 4.53. The Morgan fingerprint density at radius 3 is 2.92 bits per heavy atom. The summed E-state index contributed by atoms with van der Waals surface area (Å²) < 4.78 is 7.47. The van der Waals surface area contributed by atoms with E-state index in [1.807, 2.05) is 47.1 Å². The number of para-hydroxylation sites is 1. The zero-order valence-electron chi connectivity index (χ0n) is 14.9. The average molecular weight is 347 g/mol. The highest BCUT2D eigenvalue weighted by Crippen LogP contribution is 2.31. The number of hydrogen-bond donors (Lipinski definition) is 1. The lowest BCUT2D eigenvalue weighted by atomic mass is 10.1. The summed E-state index contributed by atoms with van der Waals surface area (Å²) in [6.45, 7) is 2.92. The molecule has 0 saturated carbocycles. The van der Waals surface area contributed by atoms with Crippen molar-refractivity contribution in [1.29, 1.82) is 0 Å². The van der Waals surface area contributed by atoms with Gasteiger partial charge in [0.05, 0.1) is 7.11 Å². The van der Waals surface area contributed by atoms with Gasteiger partial charge in [-0.1, -0.05) is 18.2 Å². The third-order valence-electron chi connectivity index (χ3n) is 4.53. The van der Waals surface area contributed by atoms with Crippen LogP contribution in [0.15, 0.2) is 48.8 Å². The van der Waals surface area contributed by atoms with Crippen LogP contribution in [0.4, 0.5) is 5.69 Å². The first-order valence-electron chi connectivity index (χ1n) is 8.73. The van der Waals surface area contributed by atoms with Gasteiger partial charge < -0.3 is 10.1 Å². The fraction of sp³-hybridized carbons (Fsp3) is 0.250. The number of nitrogens with zero attached hydrogens (tertiary/aromatic N) is 4. The van der Waals surface area contributed by atoms with Crippen molar-refractivity contribution in [2.45, 2.75) is 19.8 Å². The SMILES string of the molecule is COc1cccc2c(NCCCc3nnc4ccccn34)c(C)cnc12. The van der Waals surface area contributed by atoms with Crippen LogP contribution in [0, 0.1) is 6.92 Å². The molecule has 0 aliphatic rings. The number of rotatable bonds is 6. The first-order valence-corrected chi connectivity index (χ1v) is 8.73. The van der Waals surface area contributed by atoms with E-state index in [-0.39, 0.29) is 0 Å². The monoisotopic (exact) mass is 347 g/mol. The summed E-state index contributed by atoms with van der Waals surface area (Å²) in [6, 6.07) is 11.9. The number of aryl methyl sites for hydroxylation is 2. The molecule has 0 atom stereocenters. The molecule has 0 aliphatic heterocycles. The minimum Gasteiger partial charge on any atom is -0.494 e. The predicted molar refractivity (Wildman–Crippen MR) is 103 cm³/mol. The smallest absolute Gasteiger partial charge is 0.160 e. The van der Waals surface area contributed by atoms with Crippen LogP contribution in [0.3, 0.4) is 0 Å². The maximum Gasteiger partial charge on any atom is 0.160 e. The van der Waals surface area contributed by atoms with E-state index in [1.165, 1.54) is 0 Å². The van der Waals surface area contributed by atoms with E-state index in [1.54, 1.807) is 7.11 Å². The van der Waals surface area contributed by atoms with Gasteiger partial charge >= 0.3 is 0 Å². The third-order valence-corrected chi connectivity index (χ3v) is 4.53. The number of hydrogen-bond acceptors (Lipinski definition) is 5. The van der Waals surface area contributed by atoms with Gasteiger partial charge in [0.15, 0.2) is 5.65 Å².